The zero-order valence-electron chi connectivity index (χ0n) is 15.9. The fourth-order valence-corrected chi connectivity index (χ4v) is 3.45. The largest absolute Gasteiger partial charge is 0.381 e. The summed E-state index contributed by atoms with van der Waals surface area (Å²) in [6.07, 6.45) is 7.18. The van der Waals surface area contributed by atoms with Crippen LogP contribution in [0.3, 0.4) is 0 Å². The molecule has 2 N–H and O–H groups in total. The molecular formula is C23H20FN5. The maximum Gasteiger partial charge on any atom is 0.123 e. The molecule has 1 fully saturated rings. The smallest absolute Gasteiger partial charge is 0.123 e. The van der Waals surface area contributed by atoms with Gasteiger partial charge in [0.15, 0.2) is 0 Å². The van der Waals surface area contributed by atoms with Gasteiger partial charge in [0.25, 0.3) is 0 Å². The topological polar surface area (TPSA) is 95.4 Å². The van der Waals surface area contributed by atoms with Crippen molar-refractivity contribution >= 4 is 16.9 Å². The second-order valence-electron chi connectivity index (χ2n) is 6.97. The third-order valence-electron chi connectivity index (χ3n) is 5.01. The fourth-order valence-electron chi connectivity index (χ4n) is 3.45. The maximum atomic E-state index is 13.2. The van der Waals surface area contributed by atoms with Crippen LogP contribution in [0.15, 0.2) is 42.6 Å². The van der Waals surface area contributed by atoms with Gasteiger partial charge in [0, 0.05) is 12.2 Å². The highest BCUT2D eigenvalue weighted by atomic mass is 19.1. The average molecular weight is 385 g/mol. The Morgan fingerprint density at radius 3 is 2.14 bits per heavy atom. The van der Waals surface area contributed by atoms with Gasteiger partial charge in [-0.2, -0.15) is 15.8 Å². The summed E-state index contributed by atoms with van der Waals surface area (Å²) in [5.74, 6) is -0.372. The average Bonchev–Trinajstić information content (AvgIpc) is 2.76. The minimum Gasteiger partial charge on any atom is -0.381 e. The third kappa shape index (κ3) is 4.92. The van der Waals surface area contributed by atoms with Crippen LogP contribution in [0.4, 0.5) is 15.8 Å². The first-order chi connectivity index (χ1) is 14.1. The molecule has 0 unspecified atom stereocenters. The van der Waals surface area contributed by atoms with E-state index >= 15 is 0 Å². The van der Waals surface area contributed by atoms with Gasteiger partial charge in [0.1, 0.15) is 24.0 Å². The van der Waals surface area contributed by atoms with Gasteiger partial charge >= 0.3 is 0 Å². The van der Waals surface area contributed by atoms with Gasteiger partial charge in [-0.3, -0.25) is 0 Å². The normalized spacial score (nSPS) is 14.3. The number of nitrogens with one attached hydrogen (secondary N) is 2. The lowest BCUT2D eigenvalue weighted by Gasteiger charge is -2.25. The lowest BCUT2D eigenvalue weighted by atomic mass is 9.95. The second-order valence-corrected chi connectivity index (χ2v) is 6.97. The predicted molar refractivity (Wildman–Crippen MR) is 110 cm³/mol. The van der Waals surface area contributed by atoms with Gasteiger partial charge in [-0.25, -0.2) is 4.39 Å². The number of hydrogen-bond donors (Lipinski definition) is 2. The summed E-state index contributed by atoms with van der Waals surface area (Å²) in [4.78, 5) is 0. The van der Waals surface area contributed by atoms with Gasteiger partial charge in [0.2, 0.25) is 0 Å². The van der Waals surface area contributed by atoms with Crippen molar-refractivity contribution in [3.63, 3.8) is 0 Å². The highest BCUT2D eigenvalue weighted by Crippen LogP contribution is 2.30. The second kappa shape index (κ2) is 9.40. The van der Waals surface area contributed by atoms with Crippen LogP contribution >= 0.6 is 0 Å². The van der Waals surface area contributed by atoms with Crippen LogP contribution in [0.2, 0.25) is 0 Å². The van der Waals surface area contributed by atoms with Crippen molar-refractivity contribution in [1.82, 2.24) is 0 Å². The van der Waals surface area contributed by atoms with Crippen molar-refractivity contribution in [3.05, 3.63) is 65.1 Å². The Hall–Kier alpha value is -3.82. The Labute approximate surface area is 169 Å². The number of rotatable bonds is 5. The summed E-state index contributed by atoms with van der Waals surface area (Å²) in [6, 6.07) is 15.5. The Kier molecular flexibility index (Phi) is 6.46. The van der Waals surface area contributed by atoms with Crippen molar-refractivity contribution in [1.29, 1.82) is 15.8 Å². The van der Waals surface area contributed by atoms with Crippen LogP contribution in [-0.4, -0.2) is 6.04 Å². The summed E-state index contributed by atoms with van der Waals surface area (Å²) < 4.78 is 13.2. The van der Waals surface area contributed by atoms with Crippen LogP contribution in [0.25, 0.3) is 5.57 Å². The van der Waals surface area contributed by atoms with E-state index in [2.05, 4.69) is 22.8 Å². The summed E-state index contributed by atoms with van der Waals surface area (Å²) in [5, 5.41) is 34.8. The fraction of sp³-hybridized carbons (Fsp3) is 0.261. The van der Waals surface area contributed by atoms with E-state index in [1.165, 1.54) is 36.9 Å². The molecular weight excluding hydrogens is 365 g/mol. The van der Waals surface area contributed by atoms with Gasteiger partial charge in [-0.15, -0.1) is 0 Å². The molecule has 2 aromatic rings. The first-order valence-electron chi connectivity index (χ1n) is 9.52. The number of hydrogen-bond acceptors (Lipinski definition) is 5. The number of anilines is 2. The van der Waals surface area contributed by atoms with Crippen LogP contribution in [0, 0.1) is 39.8 Å². The van der Waals surface area contributed by atoms with E-state index in [1.807, 2.05) is 6.07 Å². The van der Waals surface area contributed by atoms with E-state index in [0.29, 0.717) is 28.4 Å². The van der Waals surface area contributed by atoms with Crippen LogP contribution in [-0.2, 0) is 0 Å². The number of nitriles is 3. The molecule has 1 aliphatic rings. The summed E-state index contributed by atoms with van der Waals surface area (Å²) >= 11 is 0. The van der Waals surface area contributed by atoms with Gasteiger partial charge in [0.05, 0.1) is 28.1 Å². The molecule has 6 heteroatoms. The molecule has 0 bridgehead atoms. The molecule has 1 aliphatic carbocycles. The number of benzene rings is 2. The van der Waals surface area contributed by atoms with E-state index in [4.69, 9.17) is 0 Å². The minimum atomic E-state index is -0.372. The Morgan fingerprint density at radius 1 is 0.931 bits per heavy atom. The molecule has 5 nitrogen and oxygen atoms in total. The third-order valence-corrected chi connectivity index (χ3v) is 5.01. The maximum absolute atomic E-state index is 13.2. The summed E-state index contributed by atoms with van der Waals surface area (Å²) in [5.41, 5.74) is 2.81. The van der Waals surface area contributed by atoms with E-state index in [-0.39, 0.29) is 11.4 Å². The molecule has 0 saturated heterocycles. The first-order valence-corrected chi connectivity index (χ1v) is 9.52. The number of nitrogens with zero attached hydrogens (tertiary/aromatic N) is 3. The quantitative estimate of drug-likeness (QED) is 0.682. The zero-order chi connectivity index (χ0) is 20.6. The van der Waals surface area contributed by atoms with E-state index in [9.17, 15) is 20.2 Å². The monoisotopic (exact) mass is 385 g/mol. The van der Waals surface area contributed by atoms with Crippen molar-refractivity contribution in [3.8, 4) is 18.2 Å². The standard InChI is InChI=1S/C23H20FN5/c24-20-8-6-16(7-9-20)19(14-27)15-28-22-10-17(12-25)18(13-26)11-23(22)29-21-4-2-1-3-5-21/h6-11,15,21,28-29H,1-5H2. The SMILES string of the molecule is N#CC(=CNc1cc(C#N)c(C#N)cc1NC1CCCCC1)c1ccc(F)cc1. The highest BCUT2D eigenvalue weighted by Gasteiger charge is 2.16. The lowest BCUT2D eigenvalue weighted by Crippen LogP contribution is -2.22. The molecule has 0 aliphatic heterocycles. The van der Waals surface area contributed by atoms with Crippen LogP contribution in [0.5, 0.6) is 0 Å². The number of halogens is 1. The van der Waals surface area contributed by atoms with E-state index < -0.39 is 0 Å². The highest BCUT2D eigenvalue weighted by molar-refractivity contribution is 5.81. The molecule has 29 heavy (non-hydrogen) atoms. The molecule has 0 aromatic heterocycles. The van der Waals surface area contributed by atoms with Crippen LogP contribution in [0.1, 0.15) is 48.8 Å². The Bertz CT molecular complexity index is 1030. The molecule has 144 valence electrons. The predicted octanol–water partition coefficient (Wildman–Crippen LogP) is 5.29. The first kappa shape index (κ1) is 19.9. The lowest BCUT2D eigenvalue weighted by molar-refractivity contribution is 0.463. The number of allylic oxidation sites excluding steroid dienone is 1. The van der Waals surface area contributed by atoms with E-state index in [0.717, 1.165) is 31.4 Å². The van der Waals surface area contributed by atoms with Crippen molar-refractivity contribution in [2.45, 2.75) is 38.1 Å². The van der Waals surface area contributed by atoms with Gasteiger partial charge in [-0.05, 0) is 42.7 Å². The Balaban J connectivity index is 1.93. The van der Waals surface area contributed by atoms with Gasteiger partial charge < -0.3 is 10.6 Å². The molecule has 0 atom stereocenters. The molecule has 3 rings (SSSR count). The molecule has 0 amide bonds. The molecule has 2 aromatic carbocycles. The molecule has 0 heterocycles. The van der Waals surface area contributed by atoms with Crippen molar-refractivity contribution in [2.24, 2.45) is 0 Å². The summed E-state index contributed by atoms with van der Waals surface area (Å²) in [6.45, 7) is 0. The Morgan fingerprint density at radius 2 is 1.55 bits per heavy atom. The molecule has 1 saturated carbocycles. The molecule has 0 spiro atoms. The van der Waals surface area contributed by atoms with Crippen molar-refractivity contribution < 1.29 is 4.39 Å². The minimum absolute atomic E-state index is 0.262. The van der Waals surface area contributed by atoms with Crippen LogP contribution < -0.4 is 10.6 Å². The summed E-state index contributed by atoms with van der Waals surface area (Å²) in [7, 11) is 0. The van der Waals surface area contributed by atoms with Crippen molar-refractivity contribution in [2.75, 3.05) is 10.6 Å². The van der Waals surface area contributed by atoms with E-state index in [1.54, 1.807) is 12.1 Å². The van der Waals surface area contributed by atoms with Gasteiger partial charge in [-0.1, -0.05) is 31.4 Å². The molecule has 0 radical (unpaired) electrons. The zero-order valence-corrected chi connectivity index (χ0v) is 15.9.